The molecule has 2 amide bonds. The van der Waals surface area contributed by atoms with Gasteiger partial charge in [-0.15, -0.1) is 0 Å². The topological polar surface area (TPSA) is 85.3 Å². The molecule has 1 aliphatic carbocycles. The number of carbonyl (C=O) groups excluding carboxylic acids is 2. The predicted octanol–water partition coefficient (Wildman–Crippen LogP) is 2.26. The molecule has 5 rings (SSSR count). The Morgan fingerprint density at radius 3 is 2.49 bits per heavy atom. The number of rotatable bonds is 7. The van der Waals surface area contributed by atoms with E-state index in [-0.39, 0.29) is 17.9 Å². The molecular weight excluding hydrogens is 448 g/mol. The molecule has 2 aromatic rings. The molecule has 0 bridgehead atoms. The largest absolute Gasteiger partial charge is 0.496 e. The Labute approximate surface area is 206 Å². The molecule has 3 heterocycles. The van der Waals surface area contributed by atoms with Crippen molar-refractivity contribution in [1.29, 1.82) is 0 Å². The zero-order valence-corrected chi connectivity index (χ0v) is 21.0. The molecule has 0 unspecified atom stereocenters. The van der Waals surface area contributed by atoms with Gasteiger partial charge in [0, 0.05) is 37.6 Å². The lowest BCUT2D eigenvalue weighted by Crippen LogP contribution is -2.65. The second-order valence-electron chi connectivity index (χ2n) is 9.99. The number of aromatic nitrogens is 1. The Bertz CT molecular complexity index is 1100. The minimum absolute atomic E-state index is 0.0888. The van der Waals surface area contributed by atoms with Gasteiger partial charge in [-0.2, -0.15) is 0 Å². The zero-order chi connectivity index (χ0) is 24.6. The lowest BCUT2D eigenvalue weighted by atomic mass is 9.94. The number of ether oxygens (including phenoxy) is 3. The van der Waals surface area contributed by atoms with Crippen LogP contribution in [0.2, 0.25) is 0 Å². The summed E-state index contributed by atoms with van der Waals surface area (Å²) in [6, 6.07) is 5.74. The summed E-state index contributed by atoms with van der Waals surface area (Å²) in [4.78, 5) is 31.9. The normalized spacial score (nSPS) is 23.5. The Balaban J connectivity index is 1.54. The highest BCUT2D eigenvalue weighted by Crippen LogP contribution is 2.40. The number of fused-ring (bicyclic) bond motifs is 3. The number of amides is 2. The van der Waals surface area contributed by atoms with Gasteiger partial charge in [0.25, 0.3) is 5.91 Å². The maximum Gasteiger partial charge on any atom is 0.271 e. The average molecular weight is 485 g/mol. The fourth-order valence-electron chi connectivity index (χ4n) is 5.78. The molecule has 35 heavy (non-hydrogen) atoms. The fourth-order valence-corrected chi connectivity index (χ4v) is 5.78. The maximum atomic E-state index is 14.0. The summed E-state index contributed by atoms with van der Waals surface area (Å²) in [6.45, 7) is 6.49. The Morgan fingerprint density at radius 1 is 1.11 bits per heavy atom. The van der Waals surface area contributed by atoms with Gasteiger partial charge in [0.15, 0.2) is 0 Å². The van der Waals surface area contributed by atoms with Crippen molar-refractivity contribution in [2.75, 3.05) is 53.6 Å². The van der Waals surface area contributed by atoms with Gasteiger partial charge in [0.1, 0.15) is 22.7 Å². The number of hydrogen-bond acceptors (Lipinski definition) is 6. The molecule has 0 spiro atoms. The molecule has 1 aromatic carbocycles. The zero-order valence-electron chi connectivity index (χ0n) is 21.0. The summed E-state index contributed by atoms with van der Waals surface area (Å²) in [7, 11) is 3.24. The van der Waals surface area contributed by atoms with Crippen LogP contribution in [0.3, 0.4) is 0 Å². The first kappa shape index (κ1) is 23.9. The number of methoxy groups -OCH3 is 2. The van der Waals surface area contributed by atoms with Crippen molar-refractivity contribution in [2.24, 2.45) is 0 Å². The first-order valence-corrected chi connectivity index (χ1v) is 12.6. The van der Waals surface area contributed by atoms with Crippen LogP contribution in [0.15, 0.2) is 18.2 Å². The van der Waals surface area contributed by atoms with E-state index in [9.17, 15) is 9.59 Å². The average Bonchev–Trinajstić information content (AvgIpc) is 3.52. The van der Waals surface area contributed by atoms with E-state index in [1.54, 1.807) is 19.1 Å². The van der Waals surface area contributed by atoms with E-state index in [4.69, 9.17) is 14.2 Å². The summed E-state index contributed by atoms with van der Waals surface area (Å²) in [6.07, 6.45) is 4.24. The molecule has 1 N–H and O–H groups in total. The molecule has 1 atom stereocenters. The molecule has 1 saturated heterocycles. The maximum absolute atomic E-state index is 14.0. The molecule has 2 aliphatic heterocycles. The first-order chi connectivity index (χ1) is 17.0. The molecule has 2 fully saturated rings. The number of nitrogens with zero attached hydrogens (tertiary/aromatic N) is 3. The molecule has 9 heteroatoms. The van der Waals surface area contributed by atoms with Gasteiger partial charge < -0.3 is 29.0 Å². The number of nitrogens with one attached hydrogen (secondary N) is 1. The van der Waals surface area contributed by atoms with Gasteiger partial charge in [0.2, 0.25) is 5.91 Å². The minimum atomic E-state index is -1.03. The number of morpholine rings is 1. The van der Waals surface area contributed by atoms with Crippen LogP contribution in [0.1, 0.15) is 43.1 Å². The van der Waals surface area contributed by atoms with Crippen LogP contribution in [0.4, 0.5) is 0 Å². The van der Waals surface area contributed by atoms with Crippen LogP contribution in [0.25, 0.3) is 10.9 Å². The Kier molecular flexibility index (Phi) is 6.63. The van der Waals surface area contributed by atoms with Gasteiger partial charge in [-0.25, -0.2) is 0 Å². The van der Waals surface area contributed by atoms with E-state index in [1.165, 1.54) is 0 Å². The van der Waals surface area contributed by atoms with Gasteiger partial charge in [-0.3, -0.25) is 14.5 Å². The van der Waals surface area contributed by atoms with Crippen molar-refractivity contribution in [1.82, 2.24) is 19.7 Å². The quantitative estimate of drug-likeness (QED) is 0.649. The summed E-state index contributed by atoms with van der Waals surface area (Å²) in [5.74, 6) is 1.09. The smallest absolute Gasteiger partial charge is 0.271 e. The van der Waals surface area contributed by atoms with Crippen LogP contribution in [-0.2, 0) is 16.1 Å². The molecule has 9 nitrogen and oxygen atoms in total. The lowest BCUT2D eigenvalue weighted by molar-refractivity contribution is -0.133. The van der Waals surface area contributed by atoms with Crippen molar-refractivity contribution in [3.05, 3.63) is 23.9 Å². The van der Waals surface area contributed by atoms with Crippen LogP contribution in [0.5, 0.6) is 11.5 Å². The third-order valence-corrected chi connectivity index (χ3v) is 7.87. The van der Waals surface area contributed by atoms with Crippen LogP contribution < -0.4 is 14.8 Å². The van der Waals surface area contributed by atoms with Gasteiger partial charge in [-0.1, -0.05) is 12.8 Å². The van der Waals surface area contributed by atoms with E-state index >= 15 is 0 Å². The molecular formula is C26H36N4O5. The van der Waals surface area contributed by atoms with Crippen molar-refractivity contribution < 1.29 is 23.8 Å². The summed E-state index contributed by atoms with van der Waals surface area (Å²) in [5, 5.41) is 4.07. The fraction of sp³-hybridized carbons (Fsp3) is 0.615. The van der Waals surface area contributed by atoms with Gasteiger partial charge >= 0.3 is 0 Å². The van der Waals surface area contributed by atoms with Crippen molar-refractivity contribution in [3.63, 3.8) is 0 Å². The Morgan fingerprint density at radius 2 is 1.80 bits per heavy atom. The summed E-state index contributed by atoms with van der Waals surface area (Å²) in [5.41, 5.74) is 0.303. The lowest BCUT2D eigenvalue weighted by Gasteiger charge is -2.45. The number of benzene rings is 1. The third kappa shape index (κ3) is 4.25. The third-order valence-electron chi connectivity index (χ3n) is 7.87. The molecule has 0 radical (unpaired) electrons. The van der Waals surface area contributed by atoms with E-state index in [0.29, 0.717) is 50.0 Å². The van der Waals surface area contributed by atoms with Gasteiger partial charge in [0.05, 0.1) is 39.5 Å². The SMILES string of the molecule is COc1ccc(OC)c2c1cc1n2C[C@@](C)(C(=O)NC2CCCC2)N(CCN2CCOCC2)C1=O. The summed E-state index contributed by atoms with van der Waals surface area (Å²) >= 11 is 0. The minimum Gasteiger partial charge on any atom is -0.496 e. The van der Waals surface area contributed by atoms with Crippen LogP contribution in [0, 0.1) is 0 Å². The van der Waals surface area contributed by atoms with Crippen LogP contribution >= 0.6 is 0 Å². The van der Waals surface area contributed by atoms with Crippen molar-refractivity contribution in [3.8, 4) is 11.5 Å². The van der Waals surface area contributed by atoms with Crippen LogP contribution in [-0.4, -0.2) is 91.4 Å². The second-order valence-corrected chi connectivity index (χ2v) is 9.99. The van der Waals surface area contributed by atoms with E-state index in [0.717, 1.165) is 49.7 Å². The number of hydrogen-bond donors (Lipinski definition) is 1. The second kappa shape index (κ2) is 9.70. The van der Waals surface area contributed by atoms with Gasteiger partial charge in [-0.05, 0) is 38.0 Å². The first-order valence-electron chi connectivity index (χ1n) is 12.6. The molecule has 190 valence electrons. The highest BCUT2D eigenvalue weighted by Gasteiger charge is 2.48. The monoisotopic (exact) mass is 484 g/mol. The van der Waals surface area contributed by atoms with E-state index < -0.39 is 5.54 Å². The molecule has 3 aliphatic rings. The molecule has 1 aromatic heterocycles. The standard InChI is InChI=1S/C26H36N4O5/c1-26(25(32)27-18-6-4-5-7-18)17-29-20(16-19-21(33-2)8-9-22(34-3)23(19)29)24(31)30(26)11-10-28-12-14-35-15-13-28/h8-9,16,18H,4-7,10-15,17H2,1-3H3,(H,27,32)/t26-/m0/s1. The Hall–Kier alpha value is -2.78. The highest BCUT2D eigenvalue weighted by molar-refractivity contribution is 6.06. The molecule has 1 saturated carbocycles. The highest BCUT2D eigenvalue weighted by atomic mass is 16.5. The van der Waals surface area contributed by atoms with E-state index in [2.05, 4.69) is 10.2 Å². The predicted molar refractivity (Wildman–Crippen MR) is 132 cm³/mol. The van der Waals surface area contributed by atoms with E-state index in [1.807, 2.05) is 29.7 Å². The van der Waals surface area contributed by atoms with Crippen molar-refractivity contribution in [2.45, 2.75) is 50.7 Å². The van der Waals surface area contributed by atoms with Crippen molar-refractivity contribution >= 4 is 22.7 Å². The number of carbonyl (C=O) groups is 2. The summed E-state index contributed by atoms with van der Waals surface area (Å²) < 4.78 is 18.7.